The number of para-hydroxylation sites is 1. The molecule has 11 heteroatoms. The first-order valence-electron chi connectivity index (χ1n) is 10.1. The summed E-state index contributed by atoms with van der Waals surface area (Å²) in [6.07, 6.45) is -3.02. The van der Waals surface area contributed by atoms with Gasteiger partial charge in [-0.15, -0.1) is 0 Å². The first-order valence-corrected chi connectivity index (χ1v) is 10.5. The van der Waals surface area contributed by atoms with E-state index in [9.17, 15) is 22.4 Å². The molecule has 0 saturated heterocycles. The van der Waals surface area contributed by atoms with Crippen LogP contribution in [0.3, 0.4) is 0 Å². The number of pyridine rings is 1. The van der Waals surface area contributed by atoms with Gasteiger partial charge in [0.15, 0.2) is 6.61 Å². The van der Waals surface area contributed by atoms with Crippen LogP contribution in [0, 0.1) is 11.6 Å². The van der Waals surface area contributed by atoms with E-state index < -0.39 is 47.3 Å². The van der Waals surface area contributed by atoms with Gasteiger partial charge in [0, 0.05) is 12.1 Å². The fourth-order valence-corrected chi connectivity index (χ4v) is 3.69. The van der Waals surface area contributed by atoms with Crippen LogP contribution in [-0.4, -0.2) is 30.2 Å². The number of alkyl halides is 3. The maximum atomic E-state index is 15.1. The number of nitrogens with zero attached hydrogens (tertiary/aromatic N) is 1. The molecule has 2 N–H and O–H groups in total. The standard InChI is InChI=1S/C23H17ClF5N3O2/c24-15-4-1-5-16(25)20(15)32-22(33)14-9-17(26)13(10-19(14)34-11-23(27,28)29)18-7-6-12-3-2-8-30-21(12)31-18/h1,4-7,9-10H,2-3,8,11H2,(H,30,31)(H,32,33). The highest BCUT2D eigenvalue weighted by molar-refractivity contribution is 6.34. The predicted molar refractivity (Wildman–Crippen MR) is 117 cm³/mol. The first kappa shape index (κ1) is 23.7. The van der Waals surface area contributed by atoms with Crippen LogP contribution in [0.15, 0.2) is 42.5 Å². The molecule has 1 aliphatic heterocycles. The number of anilines is 2. The Morgan fingerprint density at radius 3 is 2.68 bits per heavy atom. The number of hydrogen-bond acceptors (Lipinski definition) is 4. The number of aryl methyl sites for hydroxylation is 1. The molecule has 3 aromatic rings. The molecule has 0 bridgehead atoms. The maximum absolute atomic E-state index is 15.1. The van der Waals surface area contributed by atoms with E-state index in [4.69, 9.17) is 16.3 Å². The second-order valence-electron chi connectivity index (χ2n) is 7.52. The minimum absolute atomic E-state index is 0.144. The van der Waals surface area contributed by atoms with Gasteiger partial charge >= 0.3 is 6.18 Å². The van der Waals surface area contributed by atoms with E-state index in [1.54, 1.807) is 6.07 Å². The zero-order valence-corrected chi connectivity index (χ0v) is 18.2. The van der Waals surface area contributed by atoms with Crippen LogP contribution >= 0.6 is 11.6 Å². The maximum Gasteiger partial charge on any atom is 0.422 e. The van der Waals surface area contributed by atoms with Crippen molar-refractivity contribution in [1.82, 2.24) is 4.98 Å². The quantitative estimate of drug-likeness (QED) is 0.410. The summed E-state index contributed by atoms with van der Waals surface area (Å²) in [5, 5.41) is 5.11. The highest BCUT2D eigenvalue weighted by Gasteiger charge is 2.30. The van der Waals surface area contributed by atoms with Gasteiger partial charge in [-0.2, -0.15) is 13.2 Å². The highest BCUT2D eigenvalue weighted by Crippen LogP contribution is 2.34. The minimum Gasteiger partial charge on any atom is -0.483 e. The molecular weight excluding hydrogens is 481 g/mol. The summed E-state index contributed by atoms with van der Waals surface area (Å²) >= 11 is 5.89. The Balaban J connectivity index is 1.74. The van der Waals surface area contributed by atoms with Gasteiger partial charge in [-0.05, 0) is 48.7 Å². The SMILES string of the molecule is O=C(Nc1c(F)cccc1Cl)c1cc(F)c(-c2ccc3c(n2)NCCC3)cc1OCC(F)(F)F. The molecule has 178 valence electrons. The zero-order valence-electron chi connectivity index (χ0n) is 17.4. The van der Waals surface area contributed by atoms with Gasteiger partial charge in [0.25, 0.3) is 5.91 Å². The molecule has 0 unspecified atom stereocenters. The normalized spacial score (nSPS) is 13.1. The molecule has 0 spiro atoms. The molecule has 0 atom stereocenters. The smallest absolute Gasteiger partial charge is 0.422 e. The third-order valence-electron chi connectivity index (χ3n) is 5.08. The van der Waals surface area contributed by atoms with E-state index in [1.165, 1.54) is 18.2 Å². The van der Waals surface area contributed by atoms with Crippen molar-refractivity contribution in [2.75, 3.05) is 23.8 Å². The summed E-state index contributed by atoms with van der Waals surface area (Å²) < 4.78 is 72.4. The van der Waals surface area contributed by atoms with Crippen LogP contribution in [0.2, 0.25) is 5.02 Å². The number of amides is 1. The molecule has 5 nitrogen and oxygen atoms in total. The molecule has 2 heterocycles. The number of halogens is 6. The number of carbonyl (C=O) groups excluding carboxylic acids is 1. The van der Waals surface area contributed by atoms with Crippen LogP contribution in [0.5, 0.6) is 5.75 Å². The number of fused-ring (bicyclic) bond motifs is 1. The van der Waals surface area contributed by atoms with E-state index in [0.717, 1.165) is 36.6 Å². The average molecular weight is 498 g/mol. The van der Waals surface area contributed by atoms with E-state index >= 15 is 4.39 Å². The molecule has 4 rings (SSSR count). The number of aromatic nitrogens is 1. The highest BCUT2D eigenvalue weighted by atomic mass is 35.5. The Morgan fingerprint density at radius 1 is 1.15 bits per heavy atom. The molecule has 1 aromatic heterocycles. The molecule has 2 aromatic carbocycles. The predicted octanol–water partition coefficient (Wildman–Crippen LogP) is 6.23. The summed E-state index contributed by atoms with van der Waals surface area (Å²) in [4.78, 5) is 17.1. The Hall–Kier alpha value is -3.40. The number of carbonyl (C=O) groups is 1. The Kier molecular flexibility index (Phi) is 6.60. The second kappa shape index (κ2) is 9.46. The lowest BCUT2D eigenvalue weighted by atomic mass is 10.0. The summed E-state index contributed by atoms with van der Waals surface area (Å²) in [5.41, 5.74) is -0.0510. The van der Waals surface area contributed by atoms with Crippen LogP contribution in [-0.2, 0) is 6.42 Å². The number of nitrogens with one attached hydrogen (secondary N) is 2. The van der Waals surface area contributed by atoms with Crippen LogP contribution in [0.25, 0.3) is 11.3 Å². The largest absolute Gasteiger partial charge is 0.483 e. The number of ether oxygens (including phenoxy) is 1. The van der Waals surface area contributed by atoms with Crippen molar-refractivity contribution < 1.29 is 31.5 Å². The molecule has 0 aliphatic carbocycles. The number of benzene rings is 2. The van der Waals surface area contributed by atoms with Gasteiger partial charge in [0.05, 0.1) is 22.0 Å². The van der Waals surface area contributed by atoms with Gasteiger partial charge in [-0.3, -0.25) is 4.79 Å². The fourth-order valence-electron chi connectivity index (χ4n) is 3.48. The number of hydrogen-bond donors (Lipinski definition) is 2. The van der Waals surface area contributed by atoms with Crippen molar-refractivity contribution >= 4 is 29.0 Å². The van der Waals surface area contributed by atoms with Crippen molar-refractivity contribution in [3.05, 3.63) is 70.2 Å². The van der Waals surface area contributed by atoms with Crippen molar-refractivity contribution in [1.29, 1.82) is 0 Å². The van der Waals surface area contributed by atoms with Gasteiger partial charge < -0.3 is 15.4 Å². The van der Waals surface area contributed by atoms with Gasteiger partial charge in [-0.25, -0.2) is 13.8 Å². The van der Waals surface area contributed by atoms with E-state index in [0.29, 0.717) is 12.4 Å². The van der Waals surface area contributed by atoms with Crippen molar-refractivity contribution in [2.45, 2.75) is 19.0 Å². The van der Waals surface area contributed by atoms with E-state index in [2.05, 4.69) is 15.6 Å². The molecule has 0 fully saturated rings. The Morgan fingerprint density at radius 2 is 1.94 bits per heavy atom. The Bertz CT molecular complexity index is 1230. The average Bonchev–Trinajstić information content (AvgIpc) is 2.79. The lowest BCUT2D eigenvalue weighted by molar-refractivity contribution is -0.153. The summed E-state index contributed by atoms with van der Waals surface area (Å²) in [6, 6.07) is 8.62. The lowest BCUT2D eigenvalue weighted by Crippen LogP contribution is -2.22. The first-order chi connectivity index (χ1) is 16.1. The van der Waals surface area contributed by atoms with Crippen molar-refractivity contribution in [2.24, 2.45) is 0 Å². The van der Waals surface area contributed by atoms with Crippen LogP contribution in [0.4, 0.5) is 33.5 Å². The summed E-state index contributed by atoms with van der Waals surface area (Å²) in [6.45, 7) is -1.04. The van der Waals surface area contributed by atoms with Gasteiger partial charge in [0.1, 0.15) is 23.2 Å². The van der Waals surface area contributed by atoms with E-state index in [1.807, 2.05) is 0 Å². The number of rotatable bonds is 5. The van der Waals surface area contributed by atoms with E-state index in [-0.39, 0.29) is 16.3 Å². The second-order valence-corrected chi connectivity index (χ2v) is 7.92. The zero-order chi connectivity index (χ0) is 24.5. The minimum atomic E-state index is -4.72. The molecule has 0 saturated carbocycles. The lowest BCUT2D eigenvalue weighted by Gasteiger charge is -2.19. The van der Waals surface area contributed by atoms with Crippen molar-refractivity contribution in [3.8, 4) is 17.0 Å². The molecular formula is C23H17ClF5N3O2. The molecule has 34 heavy (non-hydrogen) atoms. The summed E-state index contributed by atoms with van der Waals surface area (Å²) in [7, 11) is 0. The van der Waals surface area contributed by atoms with Crippen LogP contribution < -0.4 is 15.4 Å². The Labute approximate surface area is 195 Å². The van der Waals surface area contributed by atoms with Gasteiger partial charge in [-0.1, -0.05) is 23.7 Å². The van der Waals surface area contributed by atoms with Crippen molar-refractivity contribution in [3.63, 3.8) is 0 Å². The molecule has 0 radical (unpaired) electrons. The third-order valence-corrected chi connectivity index (χ3v) is 5.39. The summed E-state index contributed by atoms with van der Waals surface area (Å²) in [5.74, 6) is -2.90. The van der Waals surface area contributed by atoms with Gasteiger partial charge in [0.2, 0.25) is 0 Å². The molecule has 1 amide bonds. The fraction of sp³-hybridized carbons (Fsp3) is 0.217. The monoisotopic (exact) mass is 497 g/mol. The molecule has 1 aliphatic rings. The topological polar surface area (TPSA) is 63.2 Å². The third kappa shape index (κ3) is 5.22. The van der Waals surface area contributed by atoms with Crippen LogP contribution in [0.1, 0.15) is 22.3 Å².